The Hall–Kier alpha value is -2.45. The Morgan fingerprint density at radius 2 is 1.85 bits per heavy atom. The Morgan fingerprint density at radius 1 is 1.11 bits per heavy atom. The monoisotopic (exact) mass is 400 g/mol. The lowest BCUT2D eigenvalue weighted by atomic mass is 10.1. The largest absolute Gasteiger partial charge is 0.352 e. The summed E-state index contributed by atoms with van der Waals surface area (Å²) in [6.45, 7) is 0. The Bertz CT molecular complexity index is 913. The van der Waals surface area contributed by atoms with E-state index < -0.39 is 0 Å². The third-order valence-corrected chi connectivity index (χ3v) is 6.16. The molecule has 0 unspecified atom stereocenters. The van der Waals surface area contributed by atoms with E-state index in [2.05, 4.69) is 20.8 Å². The third kappa shape index (κ3) is 4.84. The molecule has 0 radical (unpaired) electrons. The second kappa shape index (κ2) is 8.06. The van der Waals surface area contributed by atoms with Gasteiger partial charge in [0.2, 0.25) is 11.0 Å². The highest BCUT2D eigenvalue weighted by atomic mass is 32.2. The molecular formula is C19H17FN4OS2. The van der Waals surface area contributed by atoms with Crippen molar-refractivity contribution in [2.45, 2.75) is 28.5 Å². The number of aromatic nitrogens is 2. The summed E-state index contributed by atoms with van der Waals surface area (Å²) in [5.41, 5.74) is 1.67. The molecule has 3 aromatic rings. The zero-order valence-corrected chi connectivity index (χ0v) is 15.9. The molecule has 1 aromatic heterocycles. The zero-order chi connectivity index (χ0) is 18.6. The van der Waals surface area contributed by atoms with Crippen molar-refractivity contribution in [1.29, 1.82) is 0 Å². The van der Waals surface area contributed by atoms with Crippen molar-refractivity contribution in [3.63, 3.8) is 0 Å². The Kier molecular flexibility index (Phi) is 5.35. The molecule has 1 atom stereocenters. The molecule has 1 heterocycles. The van der Waals surface area contributed by atoms with Crippen LogP contribution in [-0.2, 0) is 4.79 Å². The van der Waals surface area contributed by atoms with Crippen LogP contribution in [0.3, 0.4) is 0 Å². The maximum Gasteiger partial charge on any atom is 0.238 e. The van der Waals surface area contributed by atoms with E-state index in [4.69, 9.17) is 0 Å². The number of nitrogens with zero attached hydrogens (tertiary/aromatic N) is 2. The molecule has 0 bridgehead atoms. The van der Waals surface area contributed by atoms with Gasteiger partial charge in [-0.3, -0.25) is 4.79 Å². The summed E-state index contributed by atoms with van der Waals surface area (Å²) in [5.74, 6) is -0.293. The van der Waals surface area contributed by atoms with Gasteiger partial charge < -0.3 is 10.6 Å². The van der Waals surface area contributed by atoms with Gasteiger partial charge in [0, 0.05) is 11.7 Å². The number of rotatable bonds is 7. The average Bonchev–Trinajstić information content (AvgIpc) is 3.39. The van der Waals surface area contributed by atoms with Gasteiger partial charge in [-0.2, -0.15) is 0 Å². The quantitative estimate of drug-likeness (QED) is 0.570. The van der Waals surface area contributed by atoms with E-state index in [1.165, 1.54) is 35.2 Å². The van der Waals surface area contributed by atoms with E-state index in [0.29, 0.717) is 15.5 Å². The molecule has 5 nitrogen and oxygen atoms in total. The SMILES string of the molecule is O=C(NC1CC1)[C@H](Sc1nnc(Nc2ccc(F)cc2)s1)c1ccccc1. The number of halogens is 1. The highest BCUT2D eigenvalue weighted by molar-refractivity contribution is 8.01. The third-order valence-electron chi connectivity index (χ3n) is 3.98. The van der Waals surface area contributed by atoms with Crippen molar-refractivity contribution in [3.05, 3.63) is 66.0 Å². The van der Waals surface area contributed by atoms with Crippen molar-refractivity contribution in [3.8, 4) is 0 Å². The van der Waals surface area contributed by atoms with Crippen LogP contribution in [0.4, 0.5) is 15.2 Å². The maximum absolute atomic E-state index is 13.0. The summed E-state index contributed by atoms with van der Waals surface area (Å²) in [7, 11) is 0. The van der Waals surface area contributed by atoms with Crippen molar-refractivity contribution in [2.24, 2.45) is 0 Å². The van der Waals surface area contributed by atoms with Crippen LogP contribution >= 0.6 is 23.1 Å². The molecule has 2 aromatic carbocycles. The molecule has 1 amide bonds. The fourth-order valence-electron chi connectivity index (χ4n) is 2.47. The average molecular weight is 401 g/mol. The summed E-state index contributed by atoms with van der Waals surface area (Å²) in [6, 6.07) is 16.0. The van der Waals surface area contributed by atoms with Gasteiger partial charge in [0.05, 0.1) is 0 Å². The summed E-state index contributed by atoms with van der Waals surface area (Å²) in [4.78, 5) is 12.7. The number of amides is 1. The lowest BCUT2D eigenvalue weighted by Crippen LogP contribution is -2.29. The molecule has 4 rings (SSSR count). The molecule has 138 valence electrons. The molecule has 27 heavy (non-hydrogen) atoms. The van der Waals surface area contributed by atoms with Crippen LogP contribution in [0.15, 0.2) is 58.9 Å². The van der Waals surface area contributed by atoms with E-state index in [1.54, 1.807) is 12.1 Å². The van der Waals surface area contributed by atoms with Crippen LogP contribution in [0.5, 0.6) is 0 Å². The normalized spacial score (nSPS) is 14.6. The summed E-state index contributed by atoms with van der Waals surface area (Å²) >= 11 is 2.75. The van der Waals surface area contributed by atoms with Gasteiger partial charge in [-0.1, -0.05) is 53.4 Å². The van der Waals surface area contributed by atoms with Crippen LogP contribution in [0.25, 0.3) is 0 Å². The molecule has 1 aliphatic rings. The predicted octanol–water partition coefficient (Wildman–Crippen LogP) is 4.53. The number of anilines is 2. The van der Waals surface area contributed by atoms with Crippen LogP contribution in [0.2, 0.25) is 0 Å². The van der Waals surface area contributed by atoms with Crippen LogP contribution in [0, 0.1) is 5.82 Å². The molecule has 1 saturated carbocycles. The van der Waals surface area contributed by atoms with Gasteiger partial charge in [0.1, 0.15) is 11.1 Å². The molecular weight excluding hydrogens is 383 g/mol. The number of hydrogen-bond donors (Lipinski definition) is 2. The minimum absolute atomic E-state index is 0.00283. The van der Waals surface area contributed by atoms with Gasteiger partial charge in [-0.25, -0.2) is 4.39 Å². The number of hydrogen-bond acceptors (Lipinski definition) is 6. The van der Waals surface area contributed by atoms with E-state index in [-0.39, 0.29) is 17.0 Å². The summed E-state index contributed by atoms with van der Waals surface area (Å²) in [6.07, 6.45) is 2.09. The van der Waals surface area contributed by atoms with Crippen LogP contribution in [0.1, 0.15) is 23.7 Å². The zero-order valence-electron chi connectivity index (χ0n) is 14.3. The van der Waals surface area contributed by atoms with E-state index >= 15 is 0 Å². The number of carbonyl (C=O) groups is 1. The Labute approximate surface area is 164 Å². The maximum atomic E-state index is 13.0. The number of nitrogens with one attached hydrogen (secondary N) is 2. The number of benzene rings is 2. The predicted molar refractivity (Wildman–Crippen MR) is 106 cm³/mol. The molecule has 1 aliphatic carbocycles. The first-order valence-electron chi connectivity index (χ1n) is 8.55. The topological polar surface area (TPSA) is 66.9 Å². The molecule has 2 N–H and O–H groups in total. The van der Waals surface area contributed by atoms with Crippen molar-refractivity contribution in [1.82, 2.24) is 15.5 Å². The highest BCUT2D eigenvalue weighted by Crippen LogP contribution is 2.39. The number of carbonyl (C=O) groups excluding carboxylic acids is 1. The van der Waals surface area contributed by atoms with Crippen molar-refractivity contribution < 1.29 is 9.18 Å². The first kappa shape index (κ1) is 17.9. The molecule has 1 fully saturated rings. The Balaban J connectivity index is 1.48. The molecule has 0 aliphatic heterocycles. The smallest absolute Gasteiger partial charge is 0.238 e. The minimum atomic E-state index is -0.376. The van der Waals surface area contributed by atoms with Gasteiger partial charge in [-0.05, 0) is 42.7 Å². The lowest BCUT2D eigenvalue weighted by molar-refractivity contribution is -0.120. The second-order valence-electron chi connectivity index (χ2n) is 6.20. The summed E-state index contributed by atoms with van der Waals surface area (Å²) in [5, 5.41) is 14.7. The minimum Gasteiger partial charge on any atom is -0.352 e. The van der Waals surface area contributed by atoms with Gasteiger partial charge in [0.15, 0.2) is 4.34 Å². The molecule has 0 spiro atoms. The molecule has 0 saturated heterocycles. The second-order valence-corrected chi connectivity index (χ2v) is 8.53. The first-order valence-corrected chi connectivity index (χ1v) is 10.2. The van der Waals surface area contributed by atoms with E-state index in [9.17, 15) is 9.18 Å². The first-order chi connectivity index (χ1) is 13.2. The fourth-order valence-corrected chi connectivity index (χ4v) is 4.44. The van der Waals surface area contributed by atoms with Crippen molar-refractivity contribution in [2.75, 3.05) is 5.32 Å². The van der Waals surface area contributed by atoms with Crippen molar-refractivity contribution >= 4 is 39.8 Å². The van der Waals surface area contributed by atoms with Crippen LogP contribution in [-0.4, -0.2) is 22.1 Å². The summed E-state index contributed by atoms with van der Waals surface area (Å²) < 4.78 is 13.7. The fraction of sp³-hybridized carbons (Fsp3) is 0.211. The highest BCUT2D eigenvalue weighted by Gasteiger charge is 2.29. The van der Waals surface area contributed by atoms with Gasteiger partial charge >= 0.3 is 0 Å². The van der Waals surface area contributed by atoms with E-state index in [0.717, 1.165) is 24.1 Å². The van der Waals surface area contributed by atoms with Gasteiger partial charge in [0.25, 0.3) is 0 Å². The van der Waals surface area contributed by atoms with Crippen LogP contribution < -0.4 is 10.6 Å². The molecule has 8 heteroatoms. The van der Waals surface area contributed by atoms with Gasteiger partial charge in [-0.15, -0.1) is 10.2 Å². The van der Waals surface area contributed by atoms with E-state index in [1.807, 2.05) is 30.3 Å². The lowest BCUT2D eigenvalue weighted by Gasteiger charge is -2.15. The Morgan fingerprint density at radius 3 is 2.56 bits per heavy atom. The standard InChI is InChI=1S/C19H17FN4OS2/c20-13-6-8-15(9-7-13)22-18-23-24-19(27-18)26-16(12-4-2-1-3-5-12)17(25)21-14-10-11-14/h1-9,14,16H,10-11H2,(H,21,25)(H,22,23)/t16-/m1/s1. The number of thioether (sulfide) groups is 1.